The molecule has 1 unspecified atom stereocenters. The Bertz CT molecular complexity index is 942. The van der Waals surface area contributed by atoms with E-state index in [1.807, 2.05) is 47.8 Å². The fraction of sp³-hybridized carbons (Fsp3) is 0.217. The van der Waals surface area contributed by atoms with Crippen LogP contribution in [-0.4, -0.2) is 29.9 Å². The summed E-state index contributed by atoms with van der Waals surface area (Å²) >= 11 is 1.60. The topological polar surface area (TPSA) is 58.6 Å². The van der Waals surface area contributed by atoms with Crippen LogP contribution < -0.4 is 10.1 Å². The molecule has 2 aromatic carbocycles. The lowest BCUT2D eigenvalue weighted by Crippen LogP contribution is -2.46. The number of carbonyl (C=O) groups is 2. The van der Waals surface area contributed by atoms with E-state index >= 15 is 0 Å². The molecule has 1 aromatic heterocycles. The van der Waals surface area contributed by atoms with Crippen LogP contribution in [0.15, 0.2) is 72.1 Å². The predicted octanol–water partition coefficient (Wildman–Crippen LogP) is 4.10. The Morgan fingerprint density at radius 3 is 2.41 bits per heavy atom. The van der Waals surface area contributed by atoms with E-state index in [9.17, 15) is 9.59 Å². The zero-order valence-corrected chi connectivity index (χ0v) is 17.3. The second-order valence-electron chi connectivity index (χ2n) is 6.65. The minimum atomic E-state index is -0.655. The average Bonchev–Trinajstić information content (AvgIpc) is 3.26. The Kier molecular flexibility index (Phi) is 7.03. The minimum absolute atomic E-state index is 0.145. The second-order valence-corrected chi connectivity index (χ2v) is 7.68. The van der Waals surface area contributed by atoms with Gasteiger partial charge in [0.05, 0.1) is 13.7 Å². The molecule has 6 heteroatoms. The van der Waals surface area contributed by atoms with Crippen molar-refractivity contribution in [1.82, 2.24) is 10.2 Å². The summed E-state index contributed by atoms with van der Waals surface area (Å²) in [6.45, 7) is 2.58. The molecule has 0 aliphatic heterocycles. The number of thiophene rings is 1. The molecule has 0 spiro atoms. The fourth-order valence-corrected chi connectivity index (χ4v) is 3.77. The van der Waals surface area contributed by atoms with Crippen LogP contribution in [0.2, 0.25) is 0 Å². The third-order valence-electron chi connectivity index (χ3n) is 4.55. The van der Waals surface area contributed by atoms with Crippen molar-refractivity contribution in [3.63, 3.8) is 0 Å². The number of rotatable bonds is 8. The van der Waals surface area contributed by atoms with Crippen molar-refractivity contribution in [2.75, 3.05) is 7.11 Å². The number of hydrogen-bond donors (Lipinski definition) is 1. The smallest absolute Gasteiger partial charge is 0.251 e. The molecule has 150 valence electrons. The third kappa shape index (κ3) is 5.45. The number of benzene rings is 2. The van der Waals surface area contributed by atoms with Gasteiger partial charge >= 0.3 is 0 Å². The highest BCUT2D eigenvalue weighted by molar-refractivity contribution is 7.09. The fourth-order valence-electron chi connectivity index (χ4n) is 3.05. The molecular formula is C23H24N2O3S. The van der Waals surface area contributed by atoms with Gasteiger partial charge in [0.25, 0.3) is 5.91 Å². The maximum absolute atomic E-state index is 13.2. The summed E-state index contributed by atoms with van der Waals surface area (Å²) in [5.74, 6) is 0.325. The van der Waals surface area contributed by atoms with Crippen LogP contribution in [0.25, 0.3) is 0 Å². The SMILES string of the molecule is COc1ccccc1CN(Cc1cccs1)C(=O)C(C)NC(=O)c1ccccc1. The van der Waals surface area contributed by atoms with Gasteiger partial charge in [0.1, 0.15) is 11.8 Å². The molecule has 1 atom stereocenters. The van der Waals surface area contributed by atoms with Gasteiger partial charge in [0.2, 0.25) is 5.91 Å². The number of amides is 2. The highest BCUT2D eigenvalue weighted by atomic mass is 32.1. The standard InChI is InChI=1S/C23H24N2O3S/c1-17(24-22(26)18-9-4-3-5-10-18)23(27)25(16-20-12-8-14-29-20)15-19-11-6-7-13-21(19)28-2/h3-14,17H,15-16H2,1-2H3,(H,24,26). The summed E-state index contributed by atoms with van der Waals surface area (Å²) in [7, 11) is 1.62. The van der Waals surface area contributed by atoms with E-state index in [1.165, 1.54) is 0 Å². The lowest BCUT2D eigenvalue weighted by atomic mass is 10.1. The van der Waals surface area contributed by atoms with E-state index in [4.69, 9.17) is 4.74 Å². The van der Waals surface area contributed by atoms with E-state index in [2.05, 4.69) is 5.32 Å². The molecule has 29 heavy (non-hydrogen) atoms. The Hall–Kier alpha value is -3.12. The lowest BCUT2D eigenvalue weighted by Gasteiger charge is -2.26. The van der Waals surface area contributed by atoms with Crippen molar-refractivity contribution < 1.29 is 14.3 Å². The van der Waals surface area contributed by atoms with E-state index in [0.717, 1.165) is 16.2 Å². The van der Waals surface area contributed by atoms with Crippen LogP contribution in [0.5, 0.6) is 5.75 Å². The van der Waals surface area contributed by atoms with Gasteiger partial charge in [-0.05, 0) is 36.6 Å². The Labute approximate surface area is 174 Å². The first-order valence-corrected chi connectivity index (χ1v) is 10.3. The number of nitrogens with one attached hydrogen (secondary N) is 1. The van der Waals surface area contributed by atoms with Crippen LogP contribution in [0.3, 0.4) is 0 Å². The first-order chi connectivity index (χ1) is 14.1. The number of para-hydroxylation sites is 1. The summed E-state index contributed by atoms with van der Waals surface area (Å²) in [5.41, 5.74) is 1.45. The van der Waals surface area contributed by atoms with Crippen molar-refractivity contribution in [3.8, 4) is 5.75 Å². The van der Waals surface area contributed by atoms with Crippen molar-refractivity contribution in [2.24, 2.45) is 0 Å². The molecule has 0 bridgehead atoms. The molecule has 0 saturated carbocycles. The normalized spacial score (nSPS) is 11.5. The van der Waals surface area contributed by atoms with E-state index in [1.54, 1.807) is 54.5 Å². The second kappa shape index (κ2) is 9.89. The van der Waals surface area contributed by atoms with E-state index in [-0.39, 0.29) is 11.8 Å². The van der Waals surface area contributed by atoms with Crippen LogP contribution in [-0.2, 0) is 17.9 Å². The minimum Gasteiger partial charge on any atom is -0.496 e. The number of nitrogens with zero attached hydrogens (tertiary/aromatic N) is 1. The molecule has 3 aromatic rings. The summed E-state index contributed by atoms with van der Waals surface area (Å²) in [5, 5.41) is 4.80. The molecule has 0 aliphatic rings. The lowest BCUT2D eigenvalue weighted by molar-refractivity contribution is -0.134. The molecule has 2 amide bonds. The van der Waals surface area contributed by atoms with E-state index in [0.29, 0.717) is 18.7 Å². The average molecular weight is 409 g/mol. The molecule has 0 radical (unpaired) electrons. The molecule has 1 heterocycles. The Morgan fingerprint density at radius 2 is 1.72 bits per heavy atom. The van der Waals surface area contributed by atoms with Gasteiger partial charge in [0.15, 0.2) is 0 Å². The molecule has 5 nitrogen and oxygen atoms in total. The van der Waals surface area contributed by atoms with Crippen LogP contribution in [0, 0.1) is 0 Å². The summed E-state index contributed by atoms with van der Waals surface area (Å²) in [4.78, 5) is 28.5. The third-order valence-corrected chi connectivity index (χ3v) is 5.41. The van der Waals surface area contributed by atoms with Crippen LogP contribution in [0.4, 0.5) is 0 Å². The molecular weight excluding hydrogens is 384 g/mol. The van der Waals surface area contributed by atoms with Gasteiger partial charge in [-0.25, -0.2) is 0 Å². The van der Waals surface area contributed by atoms with Crippen molar-refractivity contribution in [3.05, 3.63) is 88.1 Å². The summed E-state index contributed by atoms with van der Waals surface area (Å²) < 4.78 is 5.44. The highest BCUT2D eigenvalue weighted by Gasteiger charge is 2.24. The van der Waals surface area contributed by atoms with Gasteiger partial charge < -0.3 is 15.0 Å². The van der Waals surface area contributed by atoms with Crippen LogP contribution >= 0.6 is 11.3 Å². The maximum atomic E-state index is 13.2. The van der Waals surface area contributed by atoms with Crippen molar-refractivity contribution in [2.45, 2.75) is 26.1 Å². The largest absolute Gasteiger partial charge is 0.496 e. The number of methoxy groups -OCH3 is 1. The number of carbonyl (C=O) groups excluding carboxylic acids is 2. The zero-order chi connectivity index (χ0) is 20.6. The summed E-state index contributed by atoms with van der Waals surface area (Å²) in [6.07, 6.45) is 0. The summed E-state index contributed by atoms with van der Waals surface area (Å²) in [6, 6.07) is 19.9. The zero-order valence-electron chi connectivity index (χ0n) is 16.5. The molecule has 1 N–H and O–H groups in total. The van der Waals surface area contributed by atoms with Gasteiger partial charge in [-0.3, -0.25) is 9.59 Å². The van der Waals surface area contributed by atoms with Gasteiger partial charge in [-0.15, -0.1) is 11.3 Å². The first-order valence-electron chi connectivity index (χ1n) is 9.37. The maximum Gasteiger partial charge on any atom is 0.251 e. The molecule has 0 fully saturated rings. The first kappa shape index (κ1) is 20.6. The van der Waals surface area contributed by atoms with Crippen molar-refractivity contribution in [1.29, 1.82) is 0 Å². The van der Waals surface area contributed by atoms with Gasteiger partial charge in [0, 0.05) is 22.5 Å². The number of hydrogen-bond acceptors (Lipinski definition) is 4. The predicted molar refractivity (Wildman–Crippen MR) is 115 cm³/mol. The quantitative estimate of drug-likeness (QED) is 0.610. The Balaban J connectivity index is 1.77. The molecule has 0 aliphatic carbocycles. The van der Waals surface area contributed by atoms with Crippen molar-refractivity contribution >= 4 is 23.2 Å². The number of ether oxygens (including phenoxy) is 1. The Morgan fingerprint density at radius 1 is 1.00 bits per heavy atom. The highest BCUT2D eigenvalue weighted by Crippen LogP contribution is 2.22. The van der Waals surface area contributed by atoms with E-state index < -0.39 is 6.04 Å². The van der Waals surface area contributed by atoms with Gasteiger partial charge in [-0.2, -0.15) is 0 Å². The molecule has 0 saturated heterocycles. The van der Waals surface area contributed by atoms with Crippen LogP contribution in [0.1, 0.15) is 27.7 Å². The monoisotopic (exact) mass is 408 g/mol. The van der Waals surface area contributed by atoms with Gasteiger partial charge in [-0.1, -0.05) is 42.5 Å². The molecule has 3 rings (SSSR count).